The first-order chi connectivity index (χ1) is 5.66. The summed E-state index contributed by atoms with van der Waals surface area (Å²) in [6.45, 7) is -0.535. The van der Waals surface area contributed by atoms with Crippen molar-refractivity contribution in [1.29, 1.82) is 0 Å². The molecule has 0 fully saturated rings. The van der Waals surface area contributed by atoms with Gasteiger partial charge in [0.1, 0.15) is 0 Å². The highest BCUT2D eigenvalue weighted by Gasteiger charge is 2.05. The number of carbonyl (C=O) groups excluding carboxylic acids is 1. The van der Waals surface area contributed by atoms with Crippen molar-refractivity contribution in [2.24, 2.45) is 0 Å². The van der Waals surface area contributed by atoms with E-state index in [0.717, 1.165) is 18.2 Å². The van der Waals surface area contributed by atoms with E-state index in [1.54, 1.807) is 0 Å². The fraction of sp³-hybridized carbons (Fsp3) is 0.857. The number of hydrogen-bond acceptors (Lipinski definition) is 1. The SMILES string of the molecule is O=C(CCCCBr)NCC(F)F. The monoisotopic (exact) mass is 243 g/mol. The molecule has 2 nitrogen and oxygen atoms in total. The van der Waals surface area contributed by atoms with Gasteiger partial charge in [0, 0.05) is 11.8 Å². The predicted molar refractivity (Wildman–Crippen MR) is 46.7 cm³/mol. The van der Waals surface area contributed by atoms with E-state index in [1.165, 1.54) is 0 Å². The number of alkyl halides is 3. The summed E-state index contributed by atoms with van der Waals surface area (Å²) < 4.78 is 23.1. The molecular weight excluding hydrogens is 232 g/mol. The van der Waals surface area contributed by atoms with Gasteiger partial charge >= 0.3 is 0 Å². The number of unbranched alkanes of at least 4 members (excludes halogenated alkanes) is 1. The van der Waals surface area contributed by atoms with Gasteiger partial charge in [-0.05, 0) is 12.8 Å². The molecule has 0 radical (unpaired) electrons. The average Bonchev–Trinajstić information content (AvgIpc) is 2.01. The third kappa shape index (κ3) is 7.91. The van der Waals surface area contributed by atoms with Gasteiger partial charge < -0.3 is 5.32 Å². The van der Waals surface area contributed by atoms with Crippen molar-refractivity contribution in [3.8, 4) is 0 Å². The number of nitrogens with one attached hydrogen (secondary N) is 1. The van der Waals surface area contributed by atoms with Gasteiger partial charge in [0.15, 0.2) is 0 Å². The van der Waals surface area contributed by atoms with Gasteiger partial charge in [-0.15, -0.1) is 0 Å². The largest absolute Gasteiger partial charge is 0.350 e. The van der Waals surface area contributed by atoms with Crippen molar-refractivity contribution in [3.63, 3.8) is 0 Å². The molecule has 0 saturated heterocycles. The van der Waals surface area contributed by atoms with Crippen molar-refractivity contribution in [2.75, 3.05) is 11.9 Å². The molecule has 0 aromatic carbocycles. The minimum atomic E-state index is -2.45. The van der Waals surface area contributed by atoms with Crippen LogP contribution in [0.25, 0.3) is 0 Å². The normalized spacial score (nSPS) is 10.3. The Hall–Kier alpha value is -0.190. The van der Waals surface area contributed by atoms with E-state index in [1.807, 2.05) is 0 Å². The fourth-order valence-corrected chi connectivity index (χ4v) is 1.06. The van der Waals surface area contributed by atoms with Crippen LogP contribution in [0.3, 0.4) is 0 Å². The maximum absolute atomic E-state index is 11.6. The zero-order valence-corrected chi connectivity index (χ0v) is 8.24. The van der Waals surface area contributed by atoms with Crippen molar-refractivity contribution < 1.29 is 13.6 Å². The Labute approximate surface area is 78.8 Å². The third-order valence-electron chi connectivity index (χ3n) is 1.24. The van der Waals surface area contributed by atoms with E-state index in [9.17, 15) is 13.6 Å². The van der Waals surface area contributed by atoms with E-state index in [4.69, 9.17) is 0 Å². The topological polar surface area (TPSA) is 29.1 Å². The molecule has 0 atom stereocenters. The zero-order chi connectivity index (χ0) is 9.40. The lowest BCUT2D eigenvalue weighted by Gasteiger charge is -2.02. The maximum atomic E-state index is 11.6. The Morgan fingerprint density at radius 3 is 2.58 bits per heavy atom. The van der Waals surface area contributed by atoms with Crippen LogP contribution in [0.4, 0.5) is 8.78 Å². The standard InChI is InChI=1S/C7H12BrF2NO/c8-4-2-1-3-7(12)11-5-6(9)10/h6H,1-5H2,(H,11,12). The van der Waals surface area contributed by atoms with E-state index >= 15 is 0 Å². The molecule has 0 aromatic heterocycles. The van der Waals surface area contributed by atoms with Gasteiger partial charge in [0.2, 0.25) is 5.91 Å². The van der Waals surface area contributed by atoms with Gasteiger partial charge in [0.25, 0.3) is 6.43 Å². The Morgan fingerprint density at radius 1 is 1.42 bits per heavy atom. The molecule has 0 aliphatic carbocycles. The lowest BCUT2D eigenvalue weighted by Crippen LogP contribution is -2.28. The summed E-state index contributed by atoms with van der Waals surface area (Å²) in [4.78, 5) is 10.8. The van der Waals surface area contributed by atoms with Crippen LogP contribution in [0.5, 0.6) is 0 Å². The first kappa shape index (κ1) is 11.8. The molecule has 0 aliphatic heterocycles. The highest BCUT2D eigenvalue weighted by Crippen LogP contribution is 1.98. The summed E-state index contributed by atoms with van der Waals surface area (Å²) in [5.41, 5.74) is 0. The fourth-order valence-electron chi connectivity index (χ4n) is 0.659. The van der Waals surface area contributed by atoms with Gasteiger partial charge in [0.05, 0.1) is 6.54 Å². The summed E-state index contributed by atoms with van der Waals surface area (Å²) in [7, 11) is 0. The highest BCUT2D eigenvalue weighted by molar-refractivity contribution is 9.09. The number of rotatable bonds is 6. The quantitative estimate of drug-likeness (QED) is 0.561. The second-order valence-corrected chi connectivity index (χ2v) is 3.13. The second kappa shape index (κ2) is 7.46. The molecule has 1 N–H and O–H groups in total. The van der Waals surface area contributed by atoms with Crippen LogP contribution in [0.1, 0.15) is 19.3 Å². The van der Waals surface area contributed by atoms with Crippen molar-refractivity contribution >= 4 is 21.8 Å². The van der Waals surface area contributed by atoms with Crippen LogP contribution in [0.15, 0.2) is 0 Å². The summed E-state index contributed by atoms with van der Waals surface area (Å²) >= 11 is 3.21. The summed E-state index contributed by atoms with van der Waals surface area (Å²) in [5, 5.41) is 2.98. The number of carbonyl (C=O) groups is 1. The first-order valence-corrected chi connectivity index (χ1v) is 4.89. The van der Waals surface area contributed by atoms with Gasteiger partial charge in [-0.1, -0.05) is 15.9 Å². The molecule has 1 amide bonds. The average molecular weight is 244 g/mol. The molecule has 0 aliphatic rings. The third-order valence-corrected chi connectivity index (χ3v) is 1.80. The molecule has 0 heterocycles. The van der Waals surface area contributed by atoms with Crippen molar-refractivity contribution in [3.05, 3.63) is 0 Å². The van der Waals surface area contributed by atoms with E-state index in [0.29, 0.717) is 6.42 Å². The van der Waals surface area contributed by atoms with Gasteiger partial charge in [-0.2, -0.15) is 0 Å². The summed E-state index contributed by atoms with van der Waals surface area (Å²) in [5.74, 6) is -0.295. The Bertz CT molecular complexity index is 133. The molecule has 12 heavy (non-hydrogen) atoms. The lowest BCUT2D eigenvalue weighted by molar-refractivity contribution is -0.121. The minimum absolute atomic E-state index is 0.295. The molecule has 0 rings (SSSR count). The van der Waals surface area contributed by atoms with Crippen LogP contribution >= 0.6 is 15.9 Å². The molecular formula is C7H12BrF2NO. The number of halogens is 3. The van der Waals surface area contributed by atoms with Crippen LogP contribution in [-0.2, 0) is 4.79 Å². The highest BCUT2D eigenvalue weighted by atomic mass is 79.9. The lowest BCUT2D eigenvalue weighted by atomic mass is 10.2. The first-order valence-electron chi connectivity index (χ1n) is 3.77. The molecule has 0 aromatic rings. The minimum Gasteiger partial charge on any atom is -0.350 e. The zero-order valence-electron chi connectivity index (χ0n) is 6.66. The van der Waals surface area contributed by atoms with E-state index in [2.05, 4.69) is 21.2 Å². The van der Waals surface area contributed by atoms with Crippen molar-refractivity contribution in [2.45, 2.75) is 25.7 Å². The summed E-state index contributed by atoms with van der Waals surface area (Å²) in [6, 6.07) is 0. The van der Waals surface area contributed by atoms with Crippen LogP contribution < -0.4 is 5.32 Å². The molecule has 72 valence electrons. The smallest absolute Gasteiger partial charge is 0.255 e. The van der Waals surface area contributed by atoms with E-state index < -0.39 is 13.0 Å². The molecule has 0 saturated carbocycles. The Balaban J connectivity index is 3.22. The molecule has 0 spiro atoms. The van der Waals surface area contributed by atoms with Crippen LogP contribution in [0, 0.1) is 0 Å². The maximum Gasteiger partial charge on any atom is 0.255 e. The second-order valence-electron chi connectivity index (χ2n) is 2.34. The molecule has 0 unspecified atom stereocenters. The van der Waals surface area contributed by atoms with E-state index in [-0.39, 0.29) is 5.91 Å². The Kier molecular flexibility index (Phi) is 7.34. The molecule has 5 heteroatoms. The molecule has 0 bridgehead atoms. The number of hydrogen-bond donors (Lipinski definition) is 1. The predicted octanol–water partition coefficient (Wildman–Crippen LogP) is 1.93. The van der Waals surface area contributed by atoms with Gasteiger partial charge in [-0.25, -0.2) is 8.78 Å². The van der Waals surface area contributed by atoms with Crippen LogP contribution in [-0.4, -0.2) is 24.2 Å². The van der Waals surface area contributed by atoms with Gasteiger partial charge in [-0.3, -0.25) is 4.79 Å². The van der Waals surface area contributed by atoms with Crippen LogP contribution in [0.2, 0.25) is 0 Å². The Morgan fingerprint density at radius 2 is 2.08 bits per heavy atom. The number of amides is 1. The summed E-state index contributed by atoms with van der Waals surface area (Å²) in [6.07, 6.45) is -0.495. The van der Waals surface area contributed by atoms with Crippen molar-refractivity contribution in [1.82, 2.24) is 5.32 Å².